The van der Waals surface area contributed by atoms with Gasteiger partial charge >= 0.3 is 0 Å². The molecule has 0 amide bonds. The molecular weight excluding hydrogens is 374 g/mol. The van der Waals surface area contributed by atoms with Crippen molar-refractivity contribution in [3.8, 4) is 5.75 Å². The lowest BCUT2D eigenvalue weighted by atomic mass is 10.2. The summed E-state index contributed by atoms with van der Waals surface area (Å²) in [4.78, 5) is 6.66. The molecule has 0 bridgehead atoms. The molecule has 0 saturated heterocycles. The molecule has 0 spiro atoms. The number of hydrogen-bond donors (Lipinski definition) is 1. The SMILES string of the molecule is CCN(c1cccc(C)c1)c1ccc(NS(=O)(=O)c2ccc(OC)cc2)cn1. The normalized spacial score (nSPS) is 11.1. The molecule has 28 heavy (non-hydrogen) atoms. The molecule has 3 rings (SSSR count). The fraction of sp³-hybridized carbons (Fsp3) is 0.190. The van der Waals surface area contributed by atoms with Gasteiger partial charge in [-0.1, -0.05) is 12.1 Å². The van der Waals surface area contributed by atoms with E-state index in [1.165, 1.54) is 31.0 Å². The average Bonchev–Trinajstić information content (AvgIpc) is 2.70. The van der Waals surface area contributed by atoms with Gasteiger partial charge in [-0.05, 0) is 67.9 Å². The Kier molecular flexibility index (Phi) is 5.84. The third-order valence-electron chi connectivity index (χ3n) is 4.28. The van der Waals surface area contributed by atoms with Crippen LogP contribution < -0.4 is 14.4 Å². The number of nitrogens with one attached hydrogen (secondary N) is 1. The average molecular weight is 398 g/mol. The van der Waals surface area contributed by atoms with Gasteiger partial charge in [0.1, 0.15) is 11.6 Å². The number of hydrogen-bond acceptors (Lipinski definition) is 5. The molecular formula is C21H23N3O3S. The molecule has 0 aliphatic heterocycles. The van der Waals surface area contributed by atoms with Gasteiger partial charge in [-0.2, -0.15) is 0 Å². The molecule has 0 radical (unpaired) electrons. The number of sulfonamides is 1. The fourth-order valence-electron chi connectivity index (χ4n) is 2.85. The van der Waals surface area contributed by atoms with Gasteiger partial charge in [0.25, 0.3) is 10.0 Å². The van der Waals surface area contributed by atoms with Crippen molar-refractivity contribution in [2.24, 2.45) is 0 Å². The van der Waals surface area contributed by atoms with Crippen LogP contribution in [0.1, 0.15) is 12.5 Å². The van der Waals surface area contributed by atoms with Crippen LogP contribution in [-0.4, -0.2) is 27.1 Å². The predicted octanol–water partition coefficient (Wildman–Crippen LogP) is 4.36. The number of ether oxygens (including phenoxy) is 1. The minimum absolute atomic E-state index is 0.160. The lowest BCUT2D eigenvalue weighted by Gasteiger charge is -2.22. The Morgan fingerprint density at radius 3 is 2.39 bits per heavy atom. The van der Waals surface area contributed by atoms with E-state index in [1.54, 1.807) is 24.3 Å². The minimum Gasteiger partial charge on any atom is -0.497 e. The highest BCUT2D eigenvalue weighted by molar-refractivity contribution is 7.92. The first-order valence-electron chi connectivity index (χ1n) is 8.90. The molecule has 0 aliphatic carbocycles. The Labute approximate surface area is 165 Å². The first kappa shape index (κ1) is 19.7. The summed E-state index contributed by atoms with van der Waals surface area (Å²) < 4.78 is 32.7. The van der Waals surface area contributed by atoms with E-state index >= 15 is 0 Å². The van der Waals surface area contributed by atoms with Crippen molar-refractivity contribution in [2.75, 3.05) is 23.3 Å². The molecule has 2 aromatic carbocycles. The van der Waals surface area contributed by atoms with Gasteiger partial charge in [-0.3, -0.25) is 4.72 Å². The van der Waals surface area contributed by atoms with Crippen molar-refractivity contribution in [1.82, 2.24) is 4.98 Å². The number of nitrogens with zero attached hydrogens (tertiary/aromatic N) is 2. The van der Waals surface area contributed by atoms with Gasteiger partial charge in [0.2, 0.25) is 0 Å². The lowest BCUT2D eigenvalue weighted by molar-refractivity contribution is 0.414. The standard InChI is InChI=1S/C21H23N3O3S/c1-4-24(18-7-5-6-16(2)14-18)21-13-8-17(15-22-21)23-28(25,26)20-11-9-19(27-3)10-12-20/h5-15,23H,4H2,1-3H3. The maximum Gasteiger partial charge on any atom is 0.261 e. The Bertz CT molecular complexity index is 1030. The Balaban J connectivity index is 1.79. The highest BCUT2D eigenvalue weighted by atomic mass is 32.2. The zero-order valence-electron chi connectivity index (χ0n) is 16.1. The van der Waals surface area contributed by atoms with Crippen molar-refractivity contribution in [2.45, 2.75) is 18.7 Å². The van der Waals surface area contributed by atoms with E-state index < -0.39 is 10.0 Å². The van der Waals surface area contributed by atoms with E-state index in [0.717, 1.165) is 18.1 Å². The maximum absolute atomic E-state index is 12.5. The highest BCUT2D eigenvalue weighted by Gasteiger charge is 2.15. The summed E-state index contributed by atoms with van der Waals surface area (Å²) in [5, 5.41) is 0. The van der Waals surface area contributed by atoms with Crippen LogP contribution in [0.15, 0.2) is 71.8 Å². The molecule has 146 valence electrons. The van der Waals surface area contributed by atoms with Gasteiger partial charge in [0, 0.05) is 12.2 Å². The van der Waals surface area contributed by atoms with Gasteiger partial charge in [-0.25, -0.2) is 13.4 Å². The Morgan fingerprint density at radius 2 is 1.82 bits per heavy atom. The summed E-state index contributed by atoms with van der Waals surface area (Å²) in [7, 11) is -2.16. The van der Waals surface area contributed by atoms with Crippen LogP contribution in [0.4, 0.5) is 17.2 Å². The van der Waals surface area contributed by atoms with Crippen molar-refractivity contribution in [3.63, 3.8) is 0 Å². The van der Waals surface area contributed by atoms with Gasteiger partial charge < -0.3 is 9.64 Å². The van der Waals surface area contributed by atoms with Crippen molar-refractivity contribution in [1.29, 1.82) is 0 Å². The molecule has 0 fully saturated rings. The molecule has 1 heterocycles. The van der Waals surface area contributed by atoms with Crippen LogP contribution in [0.25, 0.3) is 0 Å². The summed E-state index contributed by atoms with van der Waals surface area (Å²) >= 11 is 0. The molecule has 0 saturated carbocycles. The van der Waals surface area contributed by atoms with Crippen LogP contribution in [0, 0.1) is 6.92 Å². The third kappa shape index (κ3) is 4.43. The summed E-state index contributed by atoms with van der Waals surface area (Å²) in [6.07, 6.45) is 1.52. The first-order chi connectivity index (χ1) is 13.4. The molecule has 1 N–H and O–H groups in total. The van der Waals surface area contributed by atoms with Crippen LogP contribution in [-0.2, 0) is 10.0 Å². The summed E-state index contributed by atoms with van der Waals surface area (Å²) in [5.41, 5.74) is 2.61. The predicted molar refractivity (Wildman–Crippen MR) is 112 cm³/mol. The number of aryl methyl sites for hydroxylation is 1. The second-order valence-corrected chi connectivity index (χ2v) is 7.95. The Morgan fingerprint density at radius 1 is 1.07 bits per heavy atom. The molecule has 1 aromatic heterocycles. The monoisotopic (exact) mass is 397 g/mol. The minimum atomic E-state index is -3.69. The Hall–Kier alpha value is -3.06. The smallest absolute Gasteiger partial charge is 0.261 e. The summed E-state index contributed by atoms with van der Waals surface area (Å²) in [5.74, 6) is 1.35. The quantitative estimate of drug-likeness (QED) is 0.641. The molecule has 0 aliphatic rings. The van der Waals surface area contributed by atoms with Gasteiger partial charge in [0.05, 0.1) is 23.9 Å². The molecule has 3 aromatic rings. The number of pyridine rings is 1. The number of rotatable bonds is 7. The van der Waals surface area contributed by atoms with E-state index in [-0.39, 0.29) is 4.90 Å². The first-order valence-corrected chi connectivity index (χ1v) is 10.4. The van der Waals surface area contributed by atoms with E-state index in [4.69, 9.17) is 4.74 Å². The zero-order valence-corrected chi connectivity index (χ0v) is 16.9. The van der Waals surface area contributed by atoms with E-state index in [0.29, 0.717) is 11.4 Å². The molecule has 0 unspecified atom stereocenters. The maximum atomic E-state index is 12.5. The van der Waals surface area contributed by atoms with Crippen LogP contribution in [0.2, 0.25) is 0 Å². The van der Waals surface area contributed by atoms with E-state index in [1.807, 2.05) is 32.0 Å². The second-order valence-electron chi connectivity index (χ2n) is 6.27. The topological polar surface area (TPSA) is 71.5 Å². The summed E-state index contributed by atoms with van der Waals surface area (Å²) in [6.45, 7) is 4.83. The van der Waals surface area contributed by atoms with Crippen molar-refractivity contribution in [3.05, 3.63) is 72.4 Å². The van der Waals surface area contributed by atoms with Gasteiger partial charge in [-0.15, -0.1) is 0 Å². The number of anilines is 3. The van der Waals surface area contributed by atoms with Crippen molar-refractivity contribution < 1.29 is 13.2 Å². The molecule has 0 atom stereocenters. The lowest BCUT2D eigenvalue weighted by Crippen LogP contribution is -2.18. The fourth-order valence-corrected chi connectivity index (χ4v) is 3.89. The second kappa shape index (κ2) is 8.31. The van der Waals surface area contributed by atoms with Crippen LogP contribution >= 0.6 is 0 Å². The summed E-state index contributed by atoms with van der Waals surface area (Å²) in [6, 6.07) is 17.9. The zero-order chi connectivity index (χ0) is 20.1. The molecule has 7 heteroatoms. The number of benzene rings is 2. The van der Waals surface area contributed by atoms with Gasteiger partial charge in [0.15, 0.2) is 0 Å². The molecule has 6 nitrogen and oxygen atoms in total. The highest BCUT2D eigenvalue weighted by Crippen LogP contribution is 2.25. The van der Waals surface area contributed by atoms with Crippen LogP contribution in [0.3, 0.4) is 0 Å². The van der Waals surface area contributed by atoms with E-state index in [2.05, 4.69) is 20.7 Å². The third-order valence-corrected chi connectivity index (χ3v) is 5.67. The number of aromatic nitrogens is 1. The largest absolute Gasteiger partial charge is 0.497 e. The van der Waals surface area contributed by atoms with Crippen LogP contribution in [0.5, 0.6) is 5.75 Å². The number of methoxy groups -OCH3 is 1. The van der Waals surface area contributed by atoms with E-state index in [9.17, 15) is 8.42 Å². The van der Waals surface area contributed by atoms with Crippen molar-refractivity contribution >= 4 is 27.2 Å².